The zero-order valence-corrected chi connectivity index (χ0v) is 14.7. The molecule has 7 heteroatoms. The van der Waals surface area contributed by atoms with Gasteiger partial charge in [0, 0.05) is 32.7 Å². The number of likely N-dealkylation sites (tertiary alicyclic amines) is 2. The van der Waals surface area contributed by atoms with E-state index in [9.17, 15) is 14.4 Å². The quantitative estimate of drug-likeness (QED) is 0.810. The van der Waals surface area contributed by atoms with Crippen molar-refractivity contribution in [3.63, 3.8) is 0 Å². The highest BCUT2D eigenvalue weighted by Gasteiger charge is 2.34. The summed E-state index contributed by atoms with van der Waals surface area (Å²) in [6, 6.07) is -0.0919. The van der Waals surface area contributed by atoms with Crippen molar-refractivity contribution in [1.82, 2.24) is 15.1 Å². The fourth-order valence-electron chi connectivity index (χ4n) is 3.37. The van der Waals surface area contributed by atoms with Gasteiger partial charge in [-0.1, -0.05) is 13.8 Å². The van der Waals surface area contributed by atoms with Crippen LogP contribution in [0.4, 0.5) is 4.79 Å². The van der Waals surface area contributed by atoms with E-state index in [1.165, 1.54) is 0 Å². The normalized spacial score (nSPS) is 22.5. The molecule has 2 aliphatic rings. The van der Waals surface area contributed by atoms with Crippen molar-refractivity contribution < 1.29 is 19.5 Å². The van der Waals surface area contributed by atoms with Crippen LogP contribution in [0.15, 0.2) is 0 Å². The molecule has 0 aromatic rings. The Morgan fingerprint density at radius 3 is 2.29 bits per heavy atom. The van der Waals surface area contributed by atoms with E-state index in [1.54, 1.807) is 9.80 Å². The average Bonchev–Trinajstić information content (AvgIpc) is 2.59. The van der Waals surface area contributed by atoms with Crippen LogP contribution in [0.5, 0.6) is 0 Å². The Hall–Kier alpha value is -1.79. The number of hydrogen-bond donors (Lipinski definition) is 2. The van der Waals surface area contributed by atoms with E-state index in [4.69, 9.17) is 5.11 Å². The predicted octanol–water partition coefficient (Wildman–Crippen LogP) is 1.39. The molecule has 2 rings (SSSR count). The fraction of sp³-hybridized carbons (Fsp3) is 0.824. The molecule has 1 unspecified atom stereocenters. The van der Waals surface area contributed by atoms with Gasteiger partial charge in [0.1, 0.15) is 0 Å². The molecule has 24 heavy (non-hydrogen) atoms. The second-order valence-corrected chi connectivity index (χ2v) is 7.30. The van der Waals surface area contributed by atoms with Gasteiger partial charge in [-0.05, 0) is 31.6 Å². The van der Waals surface area contributed by atoms with Crippen molar-refractivity contribution in [2.45, 2.75) is 39.5 Å². The van der Waals surface area contributed by atoms with Gasteiger partial charge in [0.15, 0.2) is 0 Å². The highest BCUT2D eigenvalue weighted by Crippen LogP contribution is 2.23. The average molecular weight is 339 g/mol. The molecule has 2 N–H and O–H groups in total. The maximum Gasteiger partial charge on any atom is 0.317 e. The van der Waals surface area contributed by atoms with Crippen molar-refractivity contribution in [1.29, 1.82) is 0 Å². The molecule has 0 saturated carbocycles. The third-order valence-corrected chi connectivity index (χ3v) is 4.88. The van der Waals surface area contributed by atoms with Crippen LogP contribution in [0.3, 0.4) is 0 Å². The third kappa shape index (κ3) is 4.85. The summed E-state index contributed by atoms with van der Waals surface area (Å²) in [7, 11) is 0. The number of aliphatic carboxylic acids is 1. The van der Waals surface area contributed by atoms with Crippen LogP contribution in [0.25, 0.3) is 0 Å². The Bertz CT molecular complexity index is 472. The maximum absolute atomic E-state index is 12.7. The molecular formula is C17H29N3O4. The van der Waals surface area contributed by atoms with E-state index in [-0.39, 0.29) is 23.8 Å². The Kier molecular flexibility index (Phi) is 6.45. The van der Waals surface area contributed by atoms with E-state index >= 15 is 0 Å². The minimum Gasteiger partial charge on any atom is -0.481 e. The molecule has 0 aromatic heterocycles. The number of piperidine rings is 2. The Labute approximate surface area is 143 Å². The molecule has 0 aliphatic carbocycles. The first kappa shape index (κ1) is 18.5. The van der Waals surface area contributed by atoms with Crippen molar-refractivity contribution in [2.75, 3.05) is 32.7 Å². The Morgan fingerprint density at radius 2 is 1.71 bits per heavy atom. The zero-order chi connectivity index (χ0) is 17.7. The predicted molar refractivity (Wildman–Crippen MR) is 89.5 cm³/mol. The number of carbonyl (C=O) groups is 3. The summed E-state index contributed by atoms with van der Waals surface area (Å²) in [6.45, 7) is 6.89. The number of nitrogens with zero attached hydrogens (tertiary/aromatic N) is 2. The van der Waals surface area contributed by atoms with Crippen molar-refractivity contribution in [3.05, 3.63) is 0 Å². The van der Waals surface area contributed by atoms with Gasteiger partial charge in [-0.3, -0.25) is 9.59 Å². The van der Waals surface area contributed by atoms with Crippen LogP contribution in [0, 0.1) is 17.8 Å². The van der Waals surface area contributed by atoms with E-state index in [1.807, 2.05) is 13.8 Å². The van der Waals surface area contributed by atoms with Crippen LogP contribution in [0.1, 0.15) is 39.5 Å². The van der Waals surface area contributed by atoms with E-state index in [0.717, 1.165) is 12.8 Å². The Balaban J connectivity index is 1.84. The molecule has 2 heterocycles. The summed E-state index contributed by atoms with van der Waals surface area (Å²) < 4.78 is 0. The Morgan fingerprint density at radius 1 is 1.04 bits per heavy atom. The molecule has 0 spiro atoms. The summed E-state index contributed by atoms with van der Waals surface area (Å²) in [5.74, 6) is -0.802. The smallest absolute Gasteiger partial charge is 0.317 e. The van der Waals surface area contributed by atoms with Gasteiger partial charge >= 0.3 is 12.0 Å². The topological polar surface area (TPSA) is 90.0 Å². The lowest BCUT2D eigenvalue weighted by atomic mass is 9.93. The number of urea groups is 1. The zero-order valence-electron chi connectivity index (χ0n) is 14.7. The number of carbonyl (C=O) groups excluding carboxylic acids is 2. The summed E-state index contributed by atoms with van der Waals surface area (Å²) in [5.41, 5.74) is 0. The minimum absolute atomic E-state index is 0.0696. The number of hydrogen-bond acceptors (Lipinski definition) is 3. The largest absolute Gasteiger partial charge is 0.481 e. The monoisotopic (exact) mass is 339 g/mol. The molecule has 136 valence electrons. The summed E-state index contributed by atoms with van der Waals surface area (Å²) in [4.78, 5) is 39.4. The molecule has 2 fully saturated rings. The van der Waals surface area contributed by atoms with Gasteiger partial charge < -0.3 is 20.2 Å². The van der Waals surface area contributed by atoms with Crippen LogP contribution in [0.2, 0.25) is 0 Å². The lowest BCUT2D eigenvalue weighted by Crippen LogP contribution is -2.51. The first-order valence-corrected chi connectivity index (χ1v) is 8.92. The summed E-state index contributed by atoms with van der Waals surface area (Å²) in [6.07, 6.45) is 2.67. The van der Waals surface area contributed by atoms with Gasteiger partial charge in [0.25, 0.3) is 0 Å². The molecule has 0 bridgehead atoms. The van der Waals surface area contributed by atoms with Crippen LogP contribution in [-0.2, 0) is 9.59 Å². The fourth-order valence-corrected chi connectivity index (χ4v) is 3.37. The standard InChI is InChI=1S/C17H29N3O4/c1-12(2)10-18-17(24)20-7-3-4-14(11-20)15(21)19-8-5-13(6-9-19)16(22)23/h12-14H,3-11H2,1-2H3,(H,18,24)(H,22,23). The SMILES string of the molecule is CC(C)CNC(=O)N1CCCC(C(=O)N2CCC(C(=O)O)CC2)C1. The van der Waals surface area contributed by atoms with Gasteiger partial charge in [-0.25, -0.2) is 4.79 Å². The van der Waals surface area contributed by atoms with Crippen molar-refractivity contribution in [2.24, 2.45) is 17.8 Å². The van der Waals surface area contributed by atoms with E-state index < -0.39 is 5.97 Å². The number of carboxylic acid groups (broad SMARTS) is 1. The van der Waals surface area contributed by atoms with Gasteiger partial charge in [0.2, 0.25) is 5.91 Å². The number of rotatable bonds is 4. The van der Waals surface area contributed by atoms with Gasteiger partial charge in [0.05, 0.1) is 11.8 Å². The van der Waals surface area contributed by atoms with Crippen molar-refractivity contribution in [3.8, 4) is 0 Å². The number of nitrogens with one attached hydrogen (secondary N) is 1. The molecule has 0 radical (unpaired) electrons. The number of carboxylic acids is 1. The summed E-state index contributed by atoms with van der Waals surface area (Å²) >= 11 is 0. The lowest BCUT2D eigenvalue weighted by molar-refractivity contribution is -0.147. The van der Waals surface area contributed by atoms with Gasteiger partial charge in [-0.2, -0.15) is 0 Å². The van der Waals surface area contributed by atoms with Crippen molar-refractivity contribution >= 4 is 17.9 Å². The van der Waals surface area contributed by atoms with Crippen LogP contribution >= 0.6 is 0 Å². The lowest BCUT2D eigenvalue weighted by Gasteiger charge is -2.37. The van der Waals surface area contributed by atoms with Gasteiger partial charge in [-0.15, -0.1) is 0 Å². The molecule has 7 nitrogen and oxygen atoms in total. The molecule has 3 amide bonds. The first-order chi connectivity index (χ1) is 11.4. The highest BCUT2D eigenvalue weighted by molar-refractivity contribution is 5.81. The van der Waals surface area contributed by atoms with Crippen LogP contribution < -0.4 is 5.32 Å². The molecule has 2 saturated heterocycles. The molecular weight excluding hydrogens is 310 g/mol. The van der Waals surface area contributed by atoms with E-state index in [2.05, 4.69) is 5.32 Å². The maximum atomic E-state index is 12.7. The van der Waals surface area contributed by atoms with E-state index in [0.29, 0.717) is 51.5 Å². The number of amides is 3. The minimum atomic E-state index is -0.771. The molecule has 0 aromatic carbocycles. The van der Waals surface area contributed by atoms with Crippen LogP contribution in [-0.4, -0.2) is 65.5 Å². The summed E-state index contributed by atoms with van der Waals surface area (Å²) in [5, 5.41) is 11.9. The second kappa shape index (κ2) is 8.35. The molecule has 2 aliphatic heterocycles. The third-order valence-electron chi connectivity index (χ3n) is 4.88. The molecule has 1 atom stereocenters. The highest BCUT2D eigenvalue weighted by atomic mass is 16.4. The second-order valence-electron chi connectivity index (χ2n) is 7.30. The first-order valence-electron chi connectivity index (χ1n) is 8.92.